The number of hydrogen-bond acceptors (Lipinski definition) is 5. The summed E-state index contributed by atoms with van der Waals surface area (Å²) in [5.41, 5.74) is 5.50. The largest absolute Gasteiger partial charge is 0.478 e. The second-order valence-corrected chi connectivity index (χ2v) is 6.61. The number of nitrogen functional groups attached to an aromatic ring is 1. The van der Waals surface area contributed by atoms with Crippen LogP contribution in [-0.2, 0) is 14.8 Å². The molecule has 0 bridgehead atoms. The number of carboxylic acids is 1. The van der Waals surface area contributed by atoms with E-state index in [0.717, 1.165) is 25.5 Å². The fourth-order valence-corrected chi connectivity index (χ4v) is 3.39. The zero-order valence-corrected chi connectivity index (χ0v) is 12.2. The van der Waals surface area contributed by atoms with Crippen LogP contribution >= 0.6 is 0 Å². The van der Waals surface area contributed by atoms with Crippen molar-refractivity contribution in [1.29, 1.82) is 0 Å². The lowest BCUT2D eigenvalue weighted by atomic mass is 10.2. The average Bonchev–Trinajstić information content (AvgIpc) is 2.91. The molecule has 116 valence electrons. The Morgan fingerprint density at radius 2 is 2.24 bits per heavy atom. The highest BCUT2D eigenvalue weighted by molar-refractivity contribution is 7.89. The predicted octanol–water partition coefficient (Wildman–Crippen LogP) is 0.814. The van der Waals surface area contributed by atoms with E-state index in [1.54, 1.807) is 0 Å². The van der Waals surface area contributed by atoms with Crippen LogP contribution < -0.4 is 10.5 Å². The van der Waals surface area contributed by atoms with E-state index in [0.29, 0.717) is 6.42 Å². The van der Waals surface area contributed by atoms with E-state index in [1.165, 1.54) is 12.1 Å². The van der Waals surface area contributed by atoms with Crippen molar-refractivity contribution < 1.29 is 23.1 Å². The number of carbonyl (C=O) groups is 1. The van der Waals surface area contributed by atoms with Crippen LogP contribution in [0, 0.1) is 0 Å². The van der Waals surface area contributed by atoms with Crippen LogP contribution in [0.15, 0.2) is 23.1 Å². The zero-order chi connectivity index (χ0) is 15.5. The molecule has 1 aromatic rings. The molecule has 0 aliphatic carbocycles. The number of nitrogens with one attached hydrogen (secondary N) is 1. The van der Waals surface area contributed by atoms with Crippen molar-refractivity contribution in [3.8, 4) is 0 Å². The molecule has 21 heavy (non-hydrogen) atoms. The van der Waals surface area contributed by atoms with Crippen LogP contribution in [0.4, 0.5) is 5.69 Å². The van der Waals surface area contributed by atoms with Gasteiger partial charge >= 0.3 is 5.97 Å². The Labute approximate surface area is 123 Å². The Balaban J connectivity index is 2.03. The first-order valence-corrected chi connectivity index (χ1v) is 8.12. The van der Waals surface area contributed by atoms with Crippen molar-refractivity contribution in [2.24, 2.45) is 0 Å². The summed E-state index contributed by atoms with van der Waals surface area (Å²) in [4.78, 5) is 10.7. The average molecular weight is 314 g/mol. The van der Waals surface area contributed by atoms with Crippen LogP contribution in [0.2, 0.25) is 0 Å². The first kappa shape index (κ1) is 15.7. The molecule has 4 N–H and O–H groups in total. The molecule has 0 amide bonds. The van der Waals surface area contributed by atoms with Crippen LogP contribution in [0.5, 0.6) is 0 Å². The number of aromatic carboxylic acids is 1. The molecular weight excluding hydrogens is 296 g/mol. The van der Waals surface area contributed by atoms with Gasteiger partial charge in [0.05, 0.1) is 17.4 Å². The maximum atomic E-state index is 12.1. The minimum Gasteiger partial charge on any atom is -0.478 e. The van der Waals surface area contributed by atoms with E-state index in [4.69, 9.17) is 15.6 Å². The van der Waals surface area contributed by atoms with Gasteiger partial charge in [0.2, 0.25) is 10.0 Å². The van der Waals surface area contributed by atoms with Gasteiger partial charge in [0.15, 0.2) is 0 Å². The van der Waals surface area contributed by atoms with Crippen LogP contribution in [0.1, 0.15) is 29.6 Å². The minimum atomic E-state index is -3.75. The molecule has 1 aliphatic rings. The lowest BCUT2D eigenvalue weighted by molar-refractivity contribution is 0.0696. The highest BCUT2D eigenvalue weighted by Gasteiger charge is 2.20. The lowest BCUT2D eigenvalue weighted by Gasteiger charge is -2.12. The minimum absolute atomic E-state index is 0.0502. The van der Waals surface area contributed by atoms with Gasteiger partial charge in [0.1, 0.15) is 4.90 Å². The van der Waals surface area contributed by atoms with Gasteiger partial charge in [-0.1, -0.05) is 0 Å². The summed E-state index contributed by atoms with van der Waals surface area (Å²) in [5.74, 6) is -1.16. The van der Waals surface area contributed by atoms with Gasteiger partial charge in [-0.25, -0.2) is 17.9 Å². The van der Waals surface area contributed by atoms with E-state index < -0.39 is 16.0 Å². The Kier molecular flexibility index (Phi) is 4.81. The molecular formula is C13H18N2O5S. The lowest BCUT2D eigenvalue weighted by Crippen LogP contribution is -2.28. The molecule has 1 heterocycles. The maximum absolute atomic E-state index is 12.1. The number of benzene rings is 1. The van der Waals surface area contributed by atoms with Crippen LogP contribution in [0.3, 0.4) is 0 Å². The molecule has 8 heteroatoms. The summed E-state index contributed by atoms with van der Waals surface area (Å²) < 4.78 is 32.1. The molecule has 2 rings (SSSR count). The fraction of sp³-hybridized carbons (Fsp3) is 0.462. The molecule has 1 atom stereocenters. The SMILES string of the molecule is Nc1cc(C(=O)O)ccc1S(=O)(=O)NCCC1CCCO1. The predicted molar refractivity (Wildman–Crippen MR) is 76.6 cm³/mol. The van der Waals surface area contributed by atoms with Crippen molar-refractivity contribution in [2.45, 2.75) is 30.3 Å². The second-order valence-electron chi connectivity index (χ2n) is 4.88. The monoisotopic (exact) mass is 314 g/mol. The fourth-order valence-electron chi connectivity index (χ4n) is 2.23. The summed E-state index contributed by atoms with van der Waals surface area (Å²) in [6.45, 7) is 0.980. The van der Waals surface area contributed by atoms with E-state index in [2.05, 4.69) is 4.72 Å². The third-order valence-electron chi connectivity index (χ3n) is 3.33. The summed E-state index contributed by atoms with van der Waals surface area (Å²) in [6.07, 6.45) is 2.64. The van der Waals surface area contributed by atoms with Gasteiger partial charge in [-0.2, -0.15) is 0 Å². The summed E-state index contributed by atoms with van der Waals surface area (Å²) in [6, 6.07) is 3.55. The van der Waals surface area contributed by atoms with Crippen molar-refractivity contribution in [3.63, 3.8) is 0 Å². The first-order valence-electron chi connectivity index (χ1n) is 6.64. The third kappa shape index (κ3) is 3.93. The zero-order valence-electron chi connectivity index (χ0n) is 11.4. The van der Waals surface area contributed by atoms with Crippen molar-refractivity contribution in [2.75, 3.05) is 18.9 Å². The smallest absolute Gasteiger partial charge is 0.335 e. The van der Waals surface area contributed by atoms with Gasteiger partial charge in [0.25, 0.3) is 0 Å². The summed E-state index contributed by atoms with van der Waals surface area (Å²) in [5, 5.41) is 8.83. The maximum Gasteiger partial charge on any atom is 0.335 e. The van der Waals surface area contributed by atoms with E-state index in [-0.39, 0.29) is 28.8 Å². The Morgan fingerprint density at radius 3 is 2.81 bits per heavy atom. The van der Waals surface area contributed by atoms with E-state index >= 15 is 0 Å². The van der Waals surface area contributed by atoms with Gasteiger partial charge in [-0.05, 0) is 37.5 Å². The number of ether oxygens (including phenoxy) is 1. The topological polar surface area (TPSA) is 119 Å². The highest BCUT2D eigenvalue weighted by Crippen LogP contribution is 2.20. The van der Waals surface area contributed by atoms with Crippen molar-refractivity contribution in [3.05, 3.63) is 23.8 Å². The molecule has 0 saturated carbocycles. The number of rotatable bonds is 6. The molecule has 1 aromatic carbocycles. The third-order valence-corrected chi connectivity index (χ3v) is 4.86. The Hall–Kier alpha value is -1.64. The number of hydrogen-bond donors (Lipinski definition) is 3. The van der Waals surface area contributed by atoms with E-state index in [1.807, 2.05) is 0 Å². The van der Waals surface area contributed by atoms with Gasteiger partial charge in [-0.15, -0.1) is 0 Å². The van der Waals surface area contributed by atoms with Crippen molar-refractivity contribution in [1.82, 2.24) is 4.72 Å². The Morgan fingerprint density at radius 1 is 1.48 bits per heavy atom. The number of anilines is 1. The molecule has 0 radical (unpaired) electrons. The summed E-state index contributed by atoms with van der Waals surface area (Å²) in [7, 11) is -3.75. The normalized spacial score (nSPS) is 18.8. The molecule has 1 saturated heterocycles. The Bertz CT molecular complexity index is 623. The molecule has 1 fully saturated rings. The number of sulfonamides is 1. The molecule has 7 nitrogen and oxygen atoms in total. The van der Waals surface area contributed by atoms with Crippen molar-refractivity contribution >= 4 is 21.7 Å². The number of nitrogens with two attached hydrogens (primary N) is 1. The standard InChI is InChI=1S/C13H18N2O5S/c14-11-8-9(13(16)17)3-4-12(11)21(18,19)15-6-5-10-2-1-7-20-10/h3-4,8,10,15H,1-2,5-7,14H2,(H,16,17). The molecule has 0 spiro atoms. The highest BCUT2D eigenvalue weighted by atomic mass is 32.2. The van der Waals surface area contributed by atoms with Crippen LogP contribution in [0.25, 0.3) is 0 Å². The van der Waals surface area contributed by atoms with E-state index in [9.17, 15) is 13.2 Å². The van der Waals surface area contributed by atoms with Crippen LogP contribution in [-0.4, -0.2) is 38.7 Å². The first-order chi connectivity index (χ1) is 9.90. The summed E-state index contributed by atoms with van der Waals surface area (Å²) >= 11 is 0. The number of carboxylic acid groups (broad SMARTS) is 1. The van der Waals surface area contributed by atoms with Gasteiger partial charge < -0.3 is 15.6 Å². The molecule has 1 aliphatic heterocycles. The van der Waals surface area contributed by atoms with Gasteiger partial charge in [0, 0.05) is 13.2 Å². The molecule has 1 unspecified atom stereocenters. The second kappa shape index (κ2) is 6.42. The quantitative estimate of drug-likeness (QED) is 0.669. The molecule has 0 aromatic heterocycles. The van der Waals surface area contributed by atoms with Gasteiger partial charge in [-0.3, -0.25) is 0 Å².